The molecule has 174 valence electrons. The van der Waals surface area contributed by atoms with Gasteiger partial charge in [-0.05, 0) is 36.6 Å². The van der Waals surface area contributed by atoms with Crippen molar-refractivity contribution in [1.82, 2.24) is 0 Å². The number of ether oxygens (including phenoxy) is 5. The third-order valence-electron chi connectivity index (χ3n) is 5.12. The maximum atomic E-state index is 12.6. The lowest BCUT2D eigenvalue weighted by Gasteiger charge is -2.33. The van der Waals surface area contributed by atoms with Crippen molar-refractivity contribution < 1.29 is 31.5 Å². The summed E-state index contributed by atoms with van der Waals surface area (Å²) in [4.78, 5) is 12.6. The second kappa shape index (κ2) is 13.0. The molecule has 1 aliphatic carbocycles. The van der Waals surface area contributed by atoms with Gasteiger partial charge in [-0.15, -0.1) is 6.58 Å². The lowest BCUT2D eigenvalue weighted by Crippen LogP contribution is -2.40. The van der Waals surface area contributed by atoms with Crippen molar-refractivity contribution in [1.29, 1.82) is 0 Å². The monoisotopic (exact) mass is 556 g/mol. The van der Waals surface area contributed by atoms with Crippen LogP contribution in [0.1, 0.15) is 36.0 Å². The summed E-state index contributed by atoms with van der Waals surface area (Å²) in [7, 11) is 1.54. The highest BCUT2D eigenvalue weighted by molar-refractivity contribution is 14.1. The second-order valence-electron chi connectivity index (χ2n) is 7.50. The van der Waals surface area contributed by atoms with Gasteiger partial charge in [-0.2, -0.15) is 0 Å². The summed E-state index contributed by atoms with van der Waals surface area (Å²) in [5.74, 6) is 0.589. The third kappa shape index (κ3) is 7.33. The van der Waals surface area contributed by atoms with Crippen LogP contribution in [0.4, 0.5) is 0 Å². The average Bonchev–Trinajstić information content (AvgIpc) is 2.85. The minimum atomic E-state index is -0.461. The molecule has 3 atom stereocenters. The number of carbonyl (C=O) groups is 1. The van der Waals surface area contributed by atoms with Crippen LogP contribution in [0.25, 0.3) is 0 Å². The molecule has 2 aliphatic rings. The Morgan fingerprint density at radius 1 is 1.28 bits per heavy atom. The van der Waals surface area contributed by atoms with Crippen LogP contribution in [-0.4, -0.2) is 51.4 Å². The Labute approximate surface area is 203 Å². The van der Waals surface area contributed by atoms with Gasteiger partial charge < -0.3 is 26.8 Å². The van der Waals surface area contributed by atoms with Gasteiger partial charge >= 0.3 is 5.97 Å². The molecule has 0 spiro atoms. The first-order valence-corrected chi connectivity index (χ1v) is 11.5. The molecular weight excluding hydrogens is 527 g/mol. The van der Waals surface area contributed by atoms with Crippen LogP contribution in [0.15, 0.2) is 54.7 Å². The van der Waals surface area contributed by atoms with Gasteiger partial charge in [0.25, 0.3) is 0 Å². The van der Waals surface area contributed by atoms with Crippen molar-refractivity contribution in [2.75, 3.05) is 26.9 Å². The topological polar surface area (TPSA) is 72.5 Å². The molecule has 0 aromatic heterocycles. The first kappa shape index (κ1) is 24.8. The summed E-state index contributed by atoms with van der Waals surface area (Å²) in [5, 5.41) is 0. The fourth-order valence-electron chi connectivity index (χ4n) is 3.49. The van der Waals surface area contributed by atoms with E-state index in [4.69, 9.17) is 26.8 Å². The normalized spacial score (nSPS) is 22.7. The molecule has 7 nitrogen and oxygen atoms in total. The summed E-state index contributed by atoms with van der Waals surface area (Å²) in [6, 6.07) is 5.01. The van der Waals surface area contributed by atoms with Crippen molar-refractivity contribution in [2.45, 2.75) is 44.2 Å². The maximum absolute atomic E-state index is 12.6. The number of esters is 1. The minimum Gasteiger partial charge on any atom is -0.493 e. The molecule has 1 fully saturated rings. The van der Waals surface area contributed by atoms with Crippen LogP contribution in [0.5, 0.6) is 11.5 Å². The molecule has 1 heterocycles. The van der Waals surface area contributed by atoms with Crippen LogP contribution >= 0.6 is 23.0 Å². The zero-order valence-corrected chi connectivity index (χ0v) is 20.3. The highest BCUT2D eigenvalue weighted by atomic mass is 127. The van der Waals surface area contributed by atoms with Crippen LogP contribution in [-0.2, 0) is 17.3 Å². The van der Waals surface area contributed by atoms with Crippen molar-refractivity contribution in [3.8, 4) is 11.5 Å². The summed E-state index contributed by atoms with van der Waals surface area (Å²) in [5.41, 5.74) is 1.50. The van der Waals surface area contributed by atoms with Crippen molar-refractivity contribution in [2.24, 2.45) is 0 Å². The predicted molar refractivity (Wildman–Crippen MR) is 128 cm³/mol. The Morgan fingerprint density at radius 2 is 2.16 bits per heavy atom. The number of carbonyl (C=O) groups excluding carboxylic acids is 1. The maximum Gasteiger partial charge on any atom is 0.338 e. The van der Waals surface area contributed by atoms with E-state index in [2.05, 4.69) is 24.8 Å². The van der Waals surface area contributed by atoms with E-state index in [0.29, 0.717) is 43.1 Å². The van der Waals surface area contributed by atoms with E-state index in [1.807, 2.05) is 23.0 Å². The zero-order valence-electron chi connectivity index (χ0n) is 18.2. The fourth-order valence-corrected chi connectivity index (χ4v) is 3.91. The SMILES string of the molecule is C=CCO[C@H]1C[C@@H](OI)C[C@@H](COC(=O)c2ccc(OCC3=CCCC=C3)c(OC)c2)O1. The van der Waals surface area contributed by atoms with Gasteiger partial charge in [0.1, 0.15) is 36.2 Å². The van der Waals surface area contributed by atoms with E-state index in [-0.39, 0.29) is 18.8 Å². The molecule has 8 heteroatoms. The molecule has 1 aromatic rings. The molecule has 0 bridgehead atoms. The number of benzene rings is 1. The molecule has 32 heavy (non-hydrogen) atoms. The molecule has 3 rings (SSSR count). The second-order valence-corrected chi connectivity index (χ2v) is 8.01. The van der Waals surface area contributed by atoms with Crippen LogP contribution in [0.2, 0.25) is 0 Å². The van der Waals surface area contributed by atoms with E-state index in [1.165, 1.54) is 0 Å². The molecule has 0 unspecified atom stereocenters. The number of methoxy groups -OCH3 is 1. The summed E-state index contributed by atoms with van der Waals surface area (Å²) >= 11 is 1.88. The first-order chi connectivity index (χ1) is 15.6. The molecule has 0 radical (unpaired) electrons. The van der Waals surface area contributed by atoms with Crippen molar-refractivity contribution in [3.05, 3.63) is 60.2 Å². The van der Waals surface area contributed by atoms with Crippen LogP contribution < -0.4 is 9.47 Å². The van der Waals surface area contributed by atoms with Crippen LogP contribution in [0, 0.1) is 0 Å². The minimum absolute atomic E-state index is 0.0338. The molecule has 0 amide bonds. The first-order valence-electron chi connectivity index (χ1n) is 10.6. The molecule has 1 aliphatic heterocycles. The average molecular weight is 556 g/mol. The van der Waals surface area contributed by atoms with Gasteiger partial charge in [0.2, 0.25) is 0 Å². The Hall–Kier alpha value is -1.88. The number of halogens is 1. The molecule has 0 saturated carbocycles. The van der Waals surface area contributed by atoms with Gasteiger partial charge in [0.15, 0.2) is 17.8 Å². The van der Waals surface area contributed by atoms with Gasteiger partial charge in [-0.3, -0.25) is 0 Å². The van der Waals surface area contributed by atoms with Crippen molar-refractivity contribution >= 4 is 29.0 Å². The standard InChI is InChI=1S/C24H29IO7/c1-3-11-28-23-14-19(32-25)13-20(31-23)16-30-24(26)18-9-10-21(22(12-18)27-2)29-15-17-7-5-4-6-8-17/h3,5,7-10,12,19-20,23H,1,4,6,11,13-16H2,2H3/t19-,20-,23+/m0/s1. The number of hydrogen-bond donors (Lipinski definition) is 0. The summed E-state index contributed by atoms with van der Waals surface area (Å²) in [6.07, 6.45) is 10.6. The van der Waals surface area contributed by atoms with Crippen molar-refractivity contribution in [3.63, 3.8) is 0 Å². The molecule has 1 aromatic carbocycles. The smallest absolute Gasteiger partial charge is 0.338 e. The Bertz CT molecular complexity index is 836. The Morgan fingerprint density at radius 3 is 2.88 bits per heavy atom. The van der Waals surface area contributed by atoms with Gasteiger partial charge in [-0.1, -0.05) is 24.3 Å². The Kier molecular flexibility index (Phi) is 10.0. The van der Waals surface area contributed by atoms with E-state index in [1.54, 1.807) is 31.4 Å². The molecular formula is C24H29IO7. The Balaban J connectivity index is 1.55. The lowest BCUT2D eigenvalue weighted by atomic mass is 10.1. The fraction of sp³-hybridized carbons (Fsp3) is 0.458. The van der Waals surface area contributed by atoms with Gasteiger partial charge in [-0.25, -0.2) is 4.79 Å². The van der Waals surface area contributed by atoms with E-state index >= 15 is 0 Å². The van der Waals surface area contributed by atoms with E-state index in [0.717, 1.165) is 18.4 Å². The largest absolute Gasteiger partial charge is 0.493 e. The number of allylic oxidation sites excluding steroid dienone is 2. The zero-order chi connectivity index (χ0) is 22.8. The predicted octanol–water partition coefficient (Wildman–Crippen LogP) is 4.95. The summed E-state index contributed by atoms with van der Waals surface area (Å²) in [6.45, 7) is 4.58. The number of hydrogen-bond acceptors (Lipinski definition) is 7. The van der Waals surface area contributed by atoms with E-state index in [9.17, 15) is 4.79 Å². The van der Waals surface area contributed by atoms with Crippen LogP contribution in [0.3, 0.4) is 0 Å². The van der Waals surface area contributed by atoms with E-state index < -0.39 is 12.3 Å². The number of rotatable bonds is 11. The van der Waals surface area contributed by atoms with Gasteiger partial charge in [0.05, 0.1) is 31.5 Å². The highest BCUT2D eigenvalue weighted by Crippen LogP contribution is 2.30. The third-order valence-corrected chi connectivity index (χ3v) is 5.84. The lowest BCUT2D eigenvalue weighted by molar-refractivity contribution is -0.211. The molecule has 1 saturated heterocycles. The summed E-state index contributed by atoms with van der Waals surface area (Å²) < 4.78 is 33.7. The highest BCUT2D eigenvalue weighted by Gasteiger charge is 2.31. The quantitative estimate of drug-likeness (QED) is 0.217. The molecule has 0 N–H and O–H groups in total. The van der Waals surface area contributed by atoms with Gasteiger partial charge in [0, 0.05) is 12.8 Å².